The van der Waals surface area contributed by atoms with Crippen LogP contribution in [0.25, 0.3) is 10.8 Å². The average molecular weight is 374 g/mol. The second-order valence-electron chi connectivity index (χ2n) is 5.70. The number of pyridine rings is 1. The number of hydrogen-bond acceptors (Lipinski definition) is 3. The first-order valence-corrected chi connectivity index (χ1v) is 8.62. The lowest BCUT2D eigenvalue weighted by atomic mass is 10.00. The number of hydrogen-bond donors (Lipinski definition) is 2. The molecule has 6 heteroatoms. The Labute approximate surface area is 156 Å². The standard InChI is InChI=1S/C19H17Cl2N3O/c1-12(15-8-4-6-13-5-2-3-7-16(13)15)22-11-18(25)24-19-17(21)9-14(20)10-23-19/h2-10,12,22H,11H2,1H3,(H,23,24,25)/t12-/m0/s1. The second kappa shape index (κ2) is 7.83. The molecule has 128 valence electrons. The molecule has 1 aromatic heterocycles. The predicted molar refractivity (Wildman–Crippen MR) is 103 cm³/mol. The summed E-state index contributed by atoms with van der Waals surface area (Å²) in [6.45, 7) is 2.17. The lowest BCUT2D eigenvalue weighted by Crippen LogP contribution is -2.30. The summed E-state index contributed by atoms with van der Waals surface area (Å²) in [5.41, 5.74) is 1.15. The lowest BCUT2D eigenvalue weighted by Gasteiger charge is -2.16. The number of nitrogens with one attached hydrogen (secondary N) is 2. The van der Waals surface area contributed by atoms with Crippen LogP contribution in [0, 0.1) is 0 Å². The molecule has 0 aliphatic carbocycles. The van der Waals surface area contributed by atoms with Crippen molar-refractivity contribution in [3.8, 4) is 0 Å². The fourth-order valence-electron chi connectivity index (χ4n) is 2.67. The van der Waals surface area contributed by atoms with Gasteiger partial charge in [0.25, 0.3) is 0 Å². The number of benzene rings is 2. The number of nitrogens with zero attached hydrogens (tertiary/aromatic N) is 1. The number of halogens is 2. The van der Waals surface area contributed by atoms with E-state index in [0.29, 0.717) is 15.9 Å². The summed E-state index contributed by atoms with van der Waals surface area (Å²) in [4.78, 5) is 16.2. The minimum atomic E-state index is -0.219. The minimum absolute atomic E-state index is 0.0190. The number of carbonyl (C=O) groups excluding carboxylic acids is 1. The van der Waals surface area contributed by atoms with Gasteiger partial charge < -0.3 is 10.6 Å². The molecule has 2 N–H and O–H groups in total. The van der Waals surface area contributed by atoms with Crippen molar-refractivity contribution in [1.82, 2.24) is 10.3 Å². The highest BCUT2D eigenvalue weighted by Gasteiger charge is 2.12. The van der Waals surface area contributed by atoms with Crippen LogP contribution in [0.1, 0.15) is 18.5 Å². The molecular formula is C19H17Cl2N3O. The molecule has 0 saturated heterocycles. The van der Waals surface area contributed by atoms with Gasteiger partial charge in [-0.1, -0.05) is 65.7 Å². The number of fused-ring (bicyclic) bond motifs is 1. The average Bonchev–Trinajstić information content (AvgIpc) is 2.61. The van der Waals surface area contributed by atoms with Gasteiger partial charge in [0.2, 0.25) is 5.91 Å². The summed E-state index contributed by atoms with van der Waals surface area (Å²) >= 11 is 11.8. The highest BCUT2D eigenvalue weighted by atomic mass is 35.5. The Balaban J connectivity index is 1.65. The summed E-state index contributed by atoms with van der Waals surface area (Å²) < 4.78 is 0. The first kappa shape index (κ1) is 17.7. The molecule has 0 saturated carbocycles. The van der Waals surface area contributed by atoms with Crippen LogP contribution in [0.4, 0.5) is 5.82 Å². The normalized spacial score (nSPS) is 12.1. The van der Waals surface area contributed by atoms with Crippen molar-refractivity contribution in [1.29, 1.82) is 0 Å². The zero-order valence-electron chi connectivity index (χ0n) is 13.6. The molecule has 1 amide bonds. The van der Waals surface area contributed by atoms with Gasteiger partial charge in [-0.15, -0.1) is 0 Å². The minimum Gasteiger partial charge on any atom is -0.308 e. The largest absolute Gasteiger partial charge is 0.308 e. The van der Waals surface area contributed by atoms with Gasteiger partial charge in [0, 0.05) is 12.2 Å². The van der Waals surface area contributed by atoms with E-state index in [1.54, 1.807) is 0 Å². The molecule has 0 fully saturated rings. The van der Waals surface area contributed by atoms with Crippen LogP contribution in [0.5, 0.6) is 0 Å². The molecule has 1 atom stereocenters. The van der Waals surface area contributed by atoms with Crippen molar-refractivity contribution in [3.63, 3.8) is 0 Å². The molecule has 1 heterocycles. The van der Waals surface area contributed by atoms with Crippen LogP contribution >= 0.6 is 23.2 Å². The SMILES string of the molecule is C[C@H](NCC(=O)Nc1ncc(Cl)cc1Cl)c1cccc2ccccc12. The van der Waals surface area contributed by atoms with E-state index in [9.17, 15) is 4.79 Å². The van der Waals surface area contributed by atoms with Gasteiger partial charge in [-0.25, -0.2) is 4.98 Å². The molecule has 0 spiro atoms. The van der Waals surface area contributed by atoms with Crippen LogP contribution in [-0.2, 0) is 4.79 Å². The highest BCUT2D eigenvalue weighted by Crippen LogP contribution is 2.24. The molecule has 0 unspecified atom stereocenters. The third-order valence-electron chi connectivity index (χ3n) is 3.92. The number of amides is 1. The fourth-order valence-corrected chi connectivity index (χ4v) is 3.09. The first-order chi connectivity index (χ1) is 12.0. The van der Waals surface area contributed by atoms with Crippen molar-refractivity contribution in [2.24, 2.45) is 0 Å². The van der Waals surface area contributed by atoms with E-state index in [-0.39, 0.29) is 18.5 Å². The zero-order chi connectivity index (χ0) is 17.8. The summed E-state index contributed by atoms with van der Waals surface area (Å²) in [5.74, 6) is 0.0829. The van der Waals surface area contributed by atoms with Gasteiger partial charge in [-0.2, -0.15) is 0 Å². The van der Waals surface area contributed by atoms with Crippen molar-refractivity contribution >= 4 is 45.7 Å². The Morgan fingerprint density at radius 2 is 1.92 bits per heavy atom. The van der Waals surface area contributed by atoms with E-state index >= 15 is 0 Å². The van der Waals surface area contributed by atoms with Crippen molar-refractivity contribution in [2.45, 2.75) is 13.0 Å². The maximum Gasteiger partial charge on any atom is 0.239 e. The van der Waals surface area contributed by atoms with Crippen LogP contribution in [0.3, 0.4) is 0 Å². The molecule has 2 aromatic carbocycles. The molecule has 0 bridgehead atoms. The molecule has 3 rings (SSSR count). The molecule has 4 nitrogen and oxygen atoms in total. The highest BCUT2D eigenvalue weighted by molar-refractivity contribution is 6.36. The van der Waals surface area contributed by atoms with E-state index in [1.807, 2.05) is 25.1 Å². The summed E-state index contributed by atoms with van der Waals surface area (Å²) in [6.07, 6.45) is 1.44. The molecule has 0 radical (unpaired) electrons. The van der Waals surface area contributed by atoms with Gasteiger partial charge in [-0.05, 0) is 29.3 Å². The smallest absolute Gasteiger partial charge is 0.239 e. The monoisotopic (exact) mass is 373 g/mol. The second-order valence-corrected chi connectivity index (χ2v) is 6.55. The Kier molecular flexibility index (Phi) is 5.53. The molecular weight excluding hydrogens is 357 g/mol. The zero-order valence-corrected chi connectivity index (χ0v) is 15.1. The van der Waals surface area contributed by atoms with Crippen LogP contribution in [0.15, 0.2) is 54.7 Å². The van der Waals surface area contributed by atoms with Crippen LogP contribution < -0.4 is 10.6 Å². The van der Waals surface area contributed by atoms with Gasteiger partial charge in [-0.3, -0.25) is 4.79 Å². The maximum absolute atomic E-state index is 12.1. The van der Waals surface area contributed by atoms with E-state index in [4.69, 9.17) is 23.2 Å². The summed E-state index contributed by atoms with van der Waals surface area (Å²) in [7, 11) is 0. The van der Waals surface area contributed by atoms with E-state index in [0.717, 1.165) is 5.56 Å². The summed E-state index contributed by atoms with van der Waals surface area (Å²) in [5, 5.41) is 8.99. The van der Waals surface area contributed by atoms with E-state index in [1.165, 1.54) is 23.0 Å². The summed E-state index contributed by atoms with van der Waals surface area (Å²) in [6, 6.07) is 15.9. The quantitative estimate of drug-likeness (QED) is 0.673. The van der Waals surface area contributed by atoms with Crippen LogP contribution in [-0.4, -0.2) is 17.4 Å². The van der Waals surface area contributed by atoms with Crippen LogP contribution in [0.2, 0.25) is 10.0 Å². The topological polar surface area (TPSA) is 54.0 Å². The Morgan fingerprint density at radius 1 is 1.16 bits per heavy atom. The van der Waals surface area contributed by atoms with Gasteiger partial charge in [0.1, 0.15) is 0 Å². The maximum atomic E-state index is 12.1. The van der Waals surface area contributed by atoms with Gasteiger partial charge >= 0.3 is 0 Å². The molecule has 0 aliphatic rings. The van der Waals surface area contributed by atoms with E-state index < -0.39 is 0 Å². The number of anilines is 1. The predicted octanol–water partition coefficient (Wildman–Crippen LogP) is 4.83. The molecule has 3 aromatic rings. The third-order valence-corrected chi connectivity index (χ3v) is 4.42. The van der Waals surface area contributed by atoms with Crippen molar-refractivity contribution in [3.05, 3.63) is 70.3 Å². The van der Waals surface area contributed by atoms with Crippen molar-refractivity contribution < 1.29 is 4.79 Å². The van der Waals surface area contributed by atoms with Crippen molar-refractivity contribution in [2.75, 3.05) is 11.9 Å². The Morgan fingerprint density at radius 3 is 2.72 bits per heavy atom. The Bertz CT molecular complexity index is 909. The Hall–Kier alpha value is -2.14. The van der Waals surface area contributed by atoms with E-state index in [2.05, 4.69) is 39.9 Å². The number of rotatable bonds is 5. The number of carbonyl (C=O) groups is 1. The molecule has 25 heavy (non-hydrogen) atoms. The van der Waals surface area contributed by atoms with Gasteiger partial charge in [0.15, 0.2) is 5.82 Å². The lowest BCUT2D eigenvalue weighted by molar-refractivity contribution is -0.115. The van der Waals surface area contributed by atoms with Gasteiger partial charge in [0.05, 0.1) is 16.6 Å². The first-order valence-electron chi connectivity index (χ1n) is 7.86. The third kappa shape index (κ3) is 4.28. The molecule has 0 aliphatic heterocycles. The fraction of sp³-hybridized carbons (Fsp3) is 0.158. The number of aromatic nitrogens is 1.